The number of carbonyl (C=O) groups excluding carboxylic acids is 1. The average molecular weight is 349 g/mol. The van der Waals surface area contributed by atoms with Crippen molar-refractivity contribution in [3.05, 3.63) is 41.7 Å². The standard InChI is InChI=1S/C18H24N4O.ClH/c1-3-17-16(12-21-22(17)2)13-6-4-7-14(10-13)18(23)20-11-15-8-5-9-19-15;/h4,6-7,10,12,15,19H,3,5,8-9,11H2,1-2H3,(H,20,23);1H/t15-;/m0./s1. The highest BCUT2D eigenvalue weighted by Crippen LogP contribution is 2.24. The molecule has 1 saturated heterocycles. The van der Waals surface area contributed by atoms with Crippen molar-refractivity contribution in [2.24, 2.45) is 7.05 Å². The van der Waals surface area contributed by atoms with E-state index in [0.717, 1.165) is 30.5 Å². The van der Waals surface area contributed by atoms with Gasteiger partial charge in [0.1, 0.15) is 0 Å². The Morgan fingerprint density at radius 3 is 3.00 bits per heavy atom. The van der Waals surface area contributed by atoms with Gasteiger partial charge in [0.25, 0.3) is 5.91 Å². The lowest BCUT2D eigenvalue weighted by Gasteiger charge is -2.12. The smallest absolute Gasteiger partial charge is 0.251 e. The average Bonchev–Trinajstić information content (AvgIpc) is 3.22. The molecule has 1 aliphatic heterocycles. The van der Waals surface area contributed by atoms with Gasteiger partial charge in [0.15, 0.2) is 0 Å². The minimum atomic E-state index is -0.0116. The van der Waals surface area contributed by atoms with Gasteiger partial charge in [-0.05, 0) is 43.5 Å². The number of carbonyl (C=O) groups is 1. The molecule has 3 rings (SSSR count). The first-order valence-electron chi connectivity index (χ1n) is 8.32. The molecule has 5 nitrogen and oxygen atoms in total. The molecule has 1 aromatic carbocycles. The van der Waals surface area contributed by atoms with Gasteiger partial charge in [-0.15, -0.1) is 12.4 Å². The number of hydrogen-bond donors (Lipinski definition) is 2. The Morgan fingerprint density at radius 2 is 2.29 bits per heavy atom. The predicted molar refractivity (Wildman–Crippen MR) is 98.6 cm³/mol. The van der Waals surface area contributed by atoms with Crippen molar-refractivity contribution in [2.75, 3.05) is 13.1 Å². The first-order valence-corrected chi connectivity index (χ1v) is 8.32. The number of benzene rings is 1. The molecular formula is C18H25ClN4O. The molecule has 6 heteroatoms. The molecule has 1 fully saturated rings. The topological polar surface area (TPSA) is 59.0 Å². The molecule has 0 bridgehead atoms. The van der Waals surface area contributed by atoms with Crippen molar-refractivity contribution in [1.82, 2.24) is 20.4 Å². The zero-order valence-electron chi connectivity index (χ0n) is 14.2. The fourth-order valence-corrected chi connectivity index (χ4v) is 3.20. The van der Waals surface area contributed by atoms with E-state index in [4.69, 9.17) is 0 Å². The first-order chi connectivity index (χ1) is 11.2. The Labute approximate surface area is 149 Å². The minimum absolute atomic E-state index is 0. The van der Waals surface area contributed by atoms with Gasteiger partial charge in [-0.2, -0.15) is 5.10 Å². The summed E-state index contributed by atoms with van der Waals surface area (Å²) in [6.45, 7) is 3.86. The molecule has 1 atom stereocenters. The van der Waals surface area contributed by atoms with Crippen molar-refractivity contribution < 1.29 is 4.79 Å². The SMILES string of the molecule is CCc1c(-c2cccc(C(=O)NC[C@@H]3CCCN3)c2)cnn1C.Cl. The largest absolute Gasteiger partial charge is 0.350 e. The summed E-state index contributed by atoms with van der Waals surface area (Å²) >= 11 is 0. The summed E-state index contributed by atoms with van der Waals surface area (Å²) < 4.78 is 1.90. The summed E-state index contributed by atoms with van der Waals surface area (Å²) in [5.74, 6) is -0.0116. The minimum Gasteiger partial charge on any atom is -0.350 e. The van der Waals surface area contributed by atoms with Gasteiger partial charge in [0.05, 0.1) is 6.20 Å². The van der Waals surface area contributed by atoms with Gasteiger partial charge in [-0.1, -0.05) is 19.1 Å². The second-order valence-corrected chi connectivity index (χ2v) is 6.07. The summed E-state index contributed by atoms with van der Waals surface area (Å²) in [5.41, 5.74) is 4.02. The molecular weight excluding hydrogens is 324 g/mol. The van der Waals surface area contributed by atoms with E-state index >= 15 is 0 Å². The van der Waals surface area contributed by atoms with Crippen molar-refractivity contribution in [3.63, 3.8) is 0 Å². The van der Waals surface area contributed by atoms with Crippen LogP contribution in [-0.4, -0.2) is 34.8 Å². The number of aryl methyl sites for hydroxylation is 1. The lowest BCUT2D eigenvalue weighted by molar-refractivity contribution is 0.0950. The third-order valence-corrected chi connectivity index (χ3v) is 4.50. The number of amides is 1. The summed E-state index contributed by atoms with van der Waals surface area (Å²) in [5, 5.41) is 10.8. The number of rotatable bonds is 5. The van der Waals surface area contributed by atoms with Gasteiger partial charge in [0.2, 0.25) is 0 Å². The maximum absolute atomic E-state index is 12.4. The molecule has 0 aliphatic carbocycles. The van der Waals surface area contributed by atoms with Crippen LogP contribution in [0.5, 0.6) is 0 Å². The second-order valence-electron chi connectivity index (χ2n) is 6.07. The van der Waals surface area contributed by atoms with Gasteiger partial charge in [-0.25, -0.2) is 0 Å². The van der Waals surface area contributed by atoms with E-state index in [1.54, 1.807) is 0 Å². The van der Waals surface area contributed by atoms with Crippen LogP contribution in [0.2, 0.25) is 0 Å². The van der Waals surface area contributed by atoms with Crippen LogP contribution >= 0.6 is 12.4 Å². The number of halogens is 1. The molecule has 0 unspecified atom stereocenters. The lowest BCUT2D eigenvalue weighted by Crippen LogP contribution is -2.37. The van der Waals surface area contributed by atoms with Gasteiger partial charge >= 0.3 is 0 Å². The monoisotopic (exact) mass is 348 g/mol. The van der Waals surface area contributed by atoms with Crippen LogP contribution in [0.3, 0.4) is 0 Å². The van der Waals surface area contributed by atoms with Crippen molar-refractivity contribution in [1.29, 1.82) is 0 Å². The van der Waals surface area contributed by atoms with Crippen LogP contribution in [0.1, 0.15) is 35.8 Å². The van der Waals surface area contributed by atoms with Gasteiger partial charge in [0, 0.05) is 36.5 Å². The van der Waals surface area contributed by atoms with E-state index < -0.39 is 0 Å². The molecule has 2 aromatic rings. The maximum atomic E-state index is 12.4. The number of aromatic nitrogens is 2. The van der Waals surface area contributed by atoms with Crippen molar-refractivity contribution in [3.8, 4) is 11.1 Å². The lowest BCUT2D eigenvalue weighted by atomic mass is 10.0. The van der Waals surface area contributed by atoms with E-state index in [0.29, 0.717) is 18.2 Å². The molecule has 130 valence electrons. The molecule has 24 heavy (non-hydrogen) atoms. The van der Waals surface area contributed by atoms with Gasteiger partial charge < -0.3 is 10.6 Å². The molecule has 1 aromatic heterocycles. The molecule has 2 N–H and O–H groups in total. The fraction of sp³-hybridized carbons (Fsp3) is 0.444. The van der Waals surface area contributed by atoms with Crippen LogP contribution in [-0.2, 0) is 13.5 Å². The quantitative estimate of drug-likeness (QED) is 0.873. The normalized spacial score (nSPS) is 16.7. The van der Waals surface area contributed by atoms with Gasteiger partial charge in [-0.3, -0.25) is 9.48 Å². The highest BCUT2D eigenvalue weighted by Gasteiger charge is 2.16. The Kier molecular flexibility index (Phi) is 6.40. The Hall–Kier alpha value is -1.85. The summed E-state index contributed by atoms with van der Waals surface area (Å²) in [7, 11) is 1.95. The third kappa shape index (κ3) is 3.97. The zero-order chi connectivity index (χ0) is 16.2. The van der Waals surface area contributed by atoms with E-state index in [1.807, 2.05) is 42.2 Å². The third-order valence-electron chi connectivity index (χ3n) is 4.50. The molecule has 0 radical (unpaired) electrons. The van der Waals surface area contributed by atoms with E-state index in [9.17, 15) is 4.79 Å². The Morgan fingerprint density at radius 1 is 1.46 bits per heavy atom. The molecule has 0 spiro atoms. The van der Waals surface area contributed by atoms with Crippen LogP contribution in [0, 0.1) is 0 Å². The number of nitrogens with zero attached hydrogens (tertiary/aromatic N) is 2. The Balaban J connectivity index is 0.00000208. The summed E-state index contributed by atoms with van der Waals surface area (Å²) in [4.78, 5) is 12.4. The maximum Gasteiger partial charge on any atom is 0.251 e. The fourth-order valence-electron chi connectivity index (χ4n) is 3.20. The van der Waals surface area contributed by atoms with Crippen LogP contribution in [0.25, 0.3) is 11.1 Å². The van der Waals surface area contributed by atoms with Crippen molar-refractivity contribution in [2.45, 2.75) is 32.2 Å². The molecule has 1 amide bonds. The molecule has 2 heterocycles. The second kappa shape index (κ2) is 8.31. The molecule has 1 aliphatic rings. The van der Waals surface area contributed by atoms with E-state index in [-0.39, 0.29) is 18.3 Å². The van der Waals surface area contributed by atoms with Crippen molar-refractivity contribution >= 4 is 18.3 Å². The predicted octanol–water partition coefficient (Wildman–Crippen LogP) is 2.55. The Bertz CT molecular complexity index is 692. The highest BCUT2D eigenvalue weighted by molar-refractivity contribution is 5.95. The highest BCUT2D eigenvalue weighted by atomic mass is 35.5. The zero-order valence-corrected chi connectivity index (χ0v) is 15.0. The van der Waals surface area contributed by atoms with Crippen LogP contribution in [0.15, 0.2) is 30.5 Å². The molecule has 0 saturated carbocycles. The number of hydrogen-bond acceptors (Lipinski definition) is 3. The number of nitrogens with one attached hydrogen (secondary N) is 2. The van der Waals surface area contributed by atoms with Crippen LogP contribution in [0.4, 0.5) is 0 Å². The van der Waals surface area contributed by atoms with E-state index in [1.165, 1.54) is 12.1 Å². The first kappa shape index (κ1) is 18.5. The van der Waals surface area contributed by atoms with E-state index in [2.05, 4.69) is 22.7 Å². The summed E-state index contributed by atoms with van der Waals surface area (Å²) in [6.07, 6.45) is 5.11. The summed E-state index contributed by atoms with van der Waals surface area (Å²) in [6, 6.07) is 8.19. The van der Waals surface area contributed by atoms with Crippen LogP contribution < -0.4 is 10.6 Å².